The second kappa shape index (κ2) is 6.92. The second-order valence-corrected chi connectivity index (χ2v) is 5.40. The van der Waals surface area contributed by atoms with Crippen molar-refractivity contribution in [3.05, 3.63) is 23.2 Å². The largest absolute Gasteiger partial charge is 0.397 e. The number of nitrogen functional groups attached to an aromatic ring is 1. The van der Waals surface area contributed by atoms with Gasteiger partial charge >= 0.3 is 0 Å². The number of benzene rings is 1. The van der Waals surface area contributed by atoms with E-state index in [1.54, 1.807) is 25.3 Å². The quantitative estimate of drug-likeness (QED) is 0.834. The van der Waals surface area contributed by atoms with Gasteiger partial charge in [0.15, 0.2) is 0 Å². The van der Waals surface area contributed by atoms with E-state index in [1.165, 1.54) is 0 Å². The van der Waals surface area contributed by atoms with Crippen molar-refractivity contribution >= 4 is 28.9 Å². The molecule has 1 aliphatic heterocycles. The lowest BCUT2D eigenvalue weighted by Gasteiger charge is -2.30. The fraction of sp³-hybridized carbons (Fsp3) is 0.500. The van der Waals surface area contributed by atoms with Crippen molar-refractivity contribution < 1.29 is 9.53 Å². The normalized spacial score (nSPS) is 17.1. The van der Waals surface area contributed by atoms with Crippen molar-refractivity contribution in [2.45, 2.75) is 18.9 Å². The van der Waals surface area contributed by atoms with Gasteiger partial charge in [0.2, 0.25) is 5.91 Å². The first-order valence-electron chi connectivity index (χ1n) is 6.68. The standard InChI is InChI=1S/C14H20ClN3O2/c1-20-11-4-6-18(7-5-11)9-14(19)17-10-2-3-12(15)13(16)8-10/h2-3,8,11H,4-7,9,16H2,1H3,(H,17,19). The molecular weight excluding hydrogens is 278 g/mol. The van der Waals surface area contributed by atoms with Crippen molar-refractivity contribution in [1.29, 1.82) is 0 Å². The molecule has 0 aliphatic carbocycles. The maximum atomic E-state index is 12.0. The van der Waals surface area contributed by atoms with Crippen molar-refractivity contribution in [3.63, 3.8) is 0 Å². The molecule has 1 fully saturated rings. The highest BCUT2D eigenvalue weighted by Gasteiger charge is 2.20. The first-order valence-corrected chi connectivity index (χ1v) is 7.06. The van der Waals surface area contributed by atoms with Gasteiger partial charge in [-0.25, -0.2) is 0 Å². The van der Waals surface area contributed by atoms with E-state index < -0.39 is 0 Å². The van der Waals surface area contributed by atoms with Gasteiger partial charge in [0.1, 0.15) is 0 Å². The number of nitrogens with zero attached hydrogens (tertiary/aromatic N) is 1. The van der Waals surface area contributed by atoms with Crippen molar-refractivity contribution in [3.8, 4) is 0 Å². The van der Waals surface area contributed by atoms with Crippen LogP contribution in [0.3, 0.4) is 0 Å². The Morgan fingerprint density at radius 3 is 2.80 bits per heavy atom. The molecule has 1 aromatic carbocycles. The minimum absolute atomic E-state index is 0.0393. The Balaban J connectivity index is 1.82. The molecule has 110 valence electrons. The number of nitrogens with one attached hydrogen (secondary N) is 1. The average Bonchev–Trinajstić information content (AvgIpc) is 2.44. The predicted octanol–water partition coefficient (Wildman–Crippen LogP) is 1.97. The smallest absolute Gasteiger partial charge is 0.238 e. The molecule has 1 heterocycles. The van der Waals surface area contributed by atoms with Gasteiger partial charge in [-0.15, -0.1) is 0 Å². The third kappa shape index (κ3) is 4.10. The van der Waals surface area contributed by atoms with Crippen LogP contribution in [-0.4, -0.2) is 43.7 Å². The maximum Gasteiger partial charge on any atom is 0.238 e. The van der Waals surface area contributed by atoms with Gasteiger partial charge in [-0.1, -0.05) is 11.6 Å². The minimum Gasteiger partial charge on any atom is -0.397 e. The number of halogens is 1. The minimum atomic E-state index is -0.0393. The van der Waals surface area contributed by atoms with Crippen LogP contribution in [0, 0.1) is 0 Å². The Morgan fingerprint density at radius 2 is 2.20 bits per heavy atom. The number of carbonyl (C=O) groups excluding carboxylic acids is 1. The lowest BCUT2D eigenvalue weighted by molar-refractivity contribution is -0.117. The zero-order valence-corrected chi connectivity index (χ0v) is 12.3. The number of methoxy groups -OCH3 is 1. The molecule has 20 heavy (non-hydrogen) atoms. The zero-order valence-electron chi connectivity index (χ0n) is 11.6. The van der Waals surface area contributed by atoms with Gasteiger partial charge in [-0.05, 0) is 31.0 Å². The first-order chi connectivity index (χ1) is 9.58. The van der Waals surface area contributed by atoms with Crippen LogP contribution in [0.2, 0.25) is 5.02 Å². The van der Waals surface area contributed by atoms with Crippen molar-refractivity contribution in [1.82, 2.24) is 4.90 Å². The third-order valence-electron chi connectivity index (χ3n) is 3.51. The third-order valence-corrected chi connectivity index (χ3v) is 3.86. The topological polar surface area (TPSA) is 67.6 Å². The molecule has 1 aliphatic rings. The zero-order chi connectivity index (χ0) is 14.5. The van der Waals surface area contributed by atoms with E-state index in [4.69, 9.17) is 22.1 Å². The Hall–Kier alpha value is -1.30. The van der Waals surface area contributed by atoms with Crippen LogP contribution in [-0.2, 0) is 9.53 Å². The highest BCUT2D eigenvalue weighted by Crippen LogP contribution is 2.22. The fourth-order valence-corrected chi connectivity index (χ4v) is 2.45. The molecule has 3 N–H and O–H groups in total. The van der Waals surface area contributed by atoms with Gasteiger partial charge < -0.3 is 15.8 Å². The molecule has 0 atom stereocenters. The molecule has 0 aromatic heterocycles. The summed E-state index contributed by atoms with van der Waals surface area (Å²) in [5, 5.41) is 3.32. The van der Waals surface area contributed by atoms with Crippen LogP contribution in [0.15, 0.2) is 18.2 Å². The summed E-state index contributed by atoms with van der Waals surface area (Å²) in [7, 11) is 1.73. The van der Waals surface area contributed by atoms with Crippen molar-refractivity contribution in [2.24, 2.45) is 0 Å². The van der Waals surface area contributed by atoms with E-state index in [0.29, 0.717) is 29.0 Å². The summed E-state index contributed by atoms with van der Waals surface area (Å²) in [5.41, 5.74) is 6.84. The van der Waals surface area contributed by atoms with Crippen molar-refractivity contribution in [2.75, 3.05) is 37.8 Å². The maximum absolute atomic E-state index is 12.0. The first kappa shape index (κ1) is 15.1. The SMILES string of the molecule is COC1CCN(CC(=O)Nc2ccc(Cl)c(N)c2)CC1. The molecule has 1 saturated heterocycles. The Labute approximate surface area is 124 Å². The van der Waals surface area contributed by atoms with Gasteiger partial charge in [0.25, 0.3) is 0 Å². The highest BCUT2D eigenvalue weighted by atomic mass is 35.5. The predicted molar refractivity (Wildman–Crippen MR) is 81.0 cm³/mol. The summed E-state index contributed by atoms with van der Waals surface area (Å²) in [4.78, 5) is 14.1. The number of amides is 1. The molecule has 1 aromatic rings. The number of anilines is 2. The Morgan fingerprint density at radius 1 is 1.50 bits per heavy atom. The van der Waals surface area contributed by atoms with Gasteiger partial charge in [0, 0.05) is 25.9 Å². The molecule has 0 unspecified atom stereocenters. The van der Waals surface area contributed by atoms with Crippen LogP contribution in [0.5, 0.6) is 0 Å². The average molecular weight is 298 g/mol. The monoisotopic (exact) mass is 297 g/mol. The number of nitrogens with two attached hydrogens (primary N) is 1. The molecule has 0 bridgehead atoms. The van der Waals surface area contributed by atoms with E-state index in [2.05, 4.69) is 10.2 Å². The number of piperidine rings is 1. The van der Waals surface area contributed by atoms with E-state index in [0.717, 1.165) is 25.9 Å². The Bertz CT molecular complexity index is 473. The molecule has 6 heteroatoms. The van der Waals surface area contributed by atoms with Crippen LogP contribution >= 0.6 is 11.6 Å². The summed E-state index contributed by atoms with van der Waals surface area (Å²) in [6.07, 6.45) is 2.26. The molecular formula is C14H20ClN3O2. The molecule has 5 nitrogen and oxygen atoms in total. The van der Waals surface area contributed by atoms with Gasteiger partial charge in [-0.3, -0.25) is 9.69 Å². The van der Waals surface area contributed by atoms with Crippen LogP contribution in [0.25, 0.3) is 0 Å². The van der Waals surface area contributed by atoms with Crippen LogP contribution in [0.1, 0.15) is 12.8 Å². The van der Waals surface area contributed by atoms with E-state index in [9.17, 15) is 4.79 Å². The summed E-state index contributed by atoms with van der Waals surface area (Å²) < 4.78 is 5.31. The van der Waals surface area contributed by atoms with Gasteiger partial charge in [0.05, 0.1) is 23.4 Å². The van der Waals surface area contributed by atoms with Gasteiger partial charge in [-0.2, -0.15) is 0 Å². The number of hydrogen-bond donors (Lipinski definition) is 2. The second-order valence-electron chi connectivity index (χ2n) is 5.00. The number of ether oxygens (including phenoxy) is 1. The number of rotatable bonds is 4. The molecule has 0 radical (unpaired) electrons. The summed E-state index contributed by atoms with van der Waals surface area (Å²) >= 11 is 5.84. The van der Waals surface area contributed by atoms with E-state index in [-0.39, 0.29) is 5.91 Å². The molecule has 2 rings (SSSR count). The highest BCUT2D eigenvalue weighted by molar-refractivity contribution is 6.33. The van der Waals surface area contributed by atoms with E-state index >= 15 is 0 Å². The van der Waals surface area contributed by atoms with E-state index in [1.807, 2.05) is 0 Å². The summed E-state index contributed by atoms with van der Waals surface area (Å²) in [6, 6.07) is 5.09. The lowest BCUT2D eigenvalue weighted by Crippen LogP contribution is -2.41. The number of hydrogen-bond acceptors (Lipinski definition) is 4. The fourth-order valence-electron chi connectivity index (χ4n) is 2.33. The summed E-state index contributed by atoms with van der Waals surface area (Å²) in [6.45, 7) is 2.16. The summed E-state index contributed by atoms with van der Waals surface area (Å²) in [5.74, 6) is -0.0393. The number of carbonyl (C=O) groups is 1. The Kier molecular flexibility index (Phi) is 5.23. The molecule has 0 spiro atoms. The molecule has 0 saturated carbocycles. The van der Waals surface area contributed by atoms with Crippen LogP contribution < -0.4 is 11.1 Å². The van der Waals surface area contributed by atoms with Crippen LogP contribution in [0.4, 0.5) is 11.4 Å². The molecule has 1 amide bonds. The lowest BCUT2D eigenvalue weighted by atomic mass is 10.1. The number of likely N-dealkylation sites (tertiary alicyclic amines) is 1.